The fourth-order valence-corrected chi connectivity index (χ4v) is 18.6. The van der Waals surface area contributed by atoms with E-state index in [0.29, 0.717) is 12.8 Å². The number of nitrogens with one attached hydrogen (secondary N) is 3. The smallest absolute Gasteiger partial charge is 0.364 e. The molecule has 0 aromatic heterocycles. The summed E-state index contributed by atoms with van der Waals surface area (Å²) in [6.07, 6.45) is -21.1. The molecule has 6 saturated heterocycles. The monoisotopic (exact) mass is 1950 g/mol. The third-order valence-electron chi connectivity index (χ3n) is 26.4. The van der Waals surface area contributed by atoms with Gasteiger partial charge in [0.1, 0.15) is 128 Å². The van der Waals surface area contributed by atoms with Gasteiger partial charge in [0.15, 0.2) is 25.2 Å². The number of ether oxygens (including phenoxy) is 12. The molecule has 135 heavy (non-hydrogen) atoms. The summed E-state index contributed by atoms with van der Waals surface area (Å²) in [4.78, 5) is 80.7. The highest BCUT2D eigenvalue weighted by atomic mass is 16.8. The fraction of sp³-hybridized carbons (Fsp3) is 0.914. The number of carboxylic acids is 2. The molecule has 0 aliphatic carbocycles. The summed E-state index contributed by atoms with van der Waals surface area (Å²) in [5, 5.41) is 246. The molecular formula is C93H165N3O39. The first kappa shape index (κ1) is 119. The van der Waals surface area contributed by atoms with Crippen LogP contribution < -0.4 is 16.0 Å². The molecule has 24 N–H and O–H groups in total. The van der Waals surface area contributed by atoms with Crippen LogP contribution in [0.4, 0.5) is 0 Å². The van der Waals surface area contributed by atoms with Crippen LogP contribution in [0.5, 0.6) is 0 Å². The first-order chi connectivity index (χ1) is 64.6. The number of amides is 3. The maximum Gasteiger partial charge on any atom is 0.364 e. The SMILES string of the molecule is CCCCCCCCCCCCC/C=C\[C@@H](O)[C@H](CO[C@@H]1O[C@H](CO)[C@@H](O[C@@H]2O[C@H](CO)[C@H](O[C@@H]3O[C@H](CO)[C@H](O)[C@H](O[C@@H]4O[C@H](CO)[C@H](O)[C@H](O)[C@H]4O)[C@H]3CC(C)=O)[C@H](O[C@]3(C(=O)O)C[C@H](O)[C@@H](NC(C)=O)C([C@H](O)[C@@H](CO)O[C@]4(C(=O)O)C[C@H](O)[C@@H](NC(C)=O)C([C@H](O)[C@H](O)CO)O4)O3)[C@H]2O)[C@H](O)[C@H]1O)NC(=O)CCCCCCCCCCCCCCCCCCCCCCCCC. The third-order valence-corrected chi connectivity index (χ3v) is 26.4. The number of rotatable bonds is 68. The van der Waals surface area contributed by atoms with E-state index >= 15 is 0 Å². The Labute approximate surface area is 791 Å². The van der Waals surface area contributed by atoms with Gasteiger partial charge in [-0.05, 0) is 26.2 Å². The first-order valence-electron chi connectivity index (χ1n) is 49.4. The van der Waals surface area contributed by atoms with Crippen molar-refractivity contribution in [1.82, 2.24) is 16.0 Å². The first-order valence-corrected chi connectivity index (χ1v) is 49.4. The Kier molecular flexibility index (Phi) is 55.5. The Morgan fingerprint density at radius 2 is 0.822 bits per heavy atom. The molecular weight excluding hydrogens is 1780 g/mol. The summed E-state index contributed by atoms with van der Waals surface area (Å²) in [7, 11) is 0. The molecule has 0 radical (unpaired) electrons. The van der Waals surface area contributed by atoms with Gasteiger partial charge in [-0.15, -0.1) is 0 Å². The molecule has 3 amide bonds. The molecule has 42 nitrogen and oxygen atoms in total. The van der Waals surface area contributed by atoms with Crippen LogP contribution in [-0.4, -0.2) is 390 Å². The average Bonchev–Trinajstić information content (AvgIpc) is 0.742. The van der Waals surface area contributed by atoms with Gasteiger partial charge in [-0.3, -0.25) is 14.4 Å². The van der Waals surface area contributed by atoms with Crippen molar-refractivity contribution in [3.05, 3.63) is 12.2 Å². The molecule has 6 heterocycles. The lowest BCUT2D eigenvalue weighted by atomic mass is 9.86. The van der Waals surface area contributed by atoms with E-state index in [1.807, 2.05) is 0 Å². The van der Waals surface area contributed by atoms with Crippen molar-refractivity contribution in [3.8, 4) is 0 Å². The van der Waals surface area contributed by atoms with E-state index in [2.05, 4.69) is 29.8 Å². The van der Waals surface area contributed by atoms with Crippen molar-refractivity contribution >= 4 is 35.4 Å². The molecule has 6 rings (SSSR count). The number of carbonyl (C=O) groups is 6. The van der Waals surface area contributed by atoms with Gasteiger partial charge < -0.3 is 185 Å². The van der Waals surface area contributed by atoms with E-state index < -0.39 is 308 Å². The second-order valence-corrected chi connectivity index (χ2v) is 37.4. The number of Topliss-reactive ketones (excluding diaryl/α,β-unsaturated/α-hetero) is 1. The predicted molar refractivity (Wildman–Crippen MR) is 478 cm³/mol. The van der Waals surface area contributed by atoms with Crippen molar-refractivity contribution in [2.75, 3.05) is 46.2 Å². The Bertz CT molecular complexity index is 3340. The van der Waals surface area contributed by atoms with Crippen LogP contribution in [0.3, 0.4) is 0 Å². The highest BCUT2D eigenvalue weighted by molar-refractivity contribution is 5.78. The van der Waals surface area contributed by atoms with E-state index in [1.54, 1.807) is 6.08 Å². The quantitative estimate of drug-likeness (QED) is 0.0288. The van der Waals surface area contributed by atoms with E-state index in [4.69, 9.17) is 56.8 Å². The minimum absolute atomic E-state index is 0.0893. The topological polar surface area (TPSA) is 674 Å². The third kappa shape index (κ3) is 37.0. The van der Waals surface area contributed by atoms with Gasteiger partial charge in [-0.1, -0.05) is 231 Å². The summed E-state index contributed by atoms with van der Waals surface area (Å²) in [6, 6.07) is -5.10. The number of hydrogen-bond donors (Lipinski definition) is 24. The minimum Gasteiger partial charge on any atom is -0.477 e. The predicted octanol–water partition coefficient (Wildman–Crippen LogP) is 0.343. The van der Waals surface area contributed by atoms with Crippen LogP contribution in [0.1, 0.15) is 285 Å². The summed E-state index contributed by atoms with van der Waals surface area (Å²) < 4.78 is 72.7. The van der Waals surface area contributed by atoms with Crippen molar-refractivity contribution in [3.63, 3.8) is 0 Å². The zero-order valence-electron chi connectivity index (χ0n) is 79.4. The summed E-state index contributed by atoms with van der Waals surface area (Å²) in [6.45, 7) is -0.741. The van der Waals surface area contributed by atoms with Crippen LogP contribution in [0.15, 0.2) is 12.2 Å². The highest BCUT2D eigenvalue weighted by Gasteiger charge is 2.64. The van der Waals surface area contributed by atoms with E-state index in [9.17, 15) is 136 Å². The summed E-state index contributed by atoms with van der Waals surface area (Å²) in [5.41, 5.74) is 0. The zero-order chi connectivity index (χ0) is 99.5. The lowest BCUT2D eigenvalue weighted by molar-refractivity contribution is -0.407. The molecule has 786 valence electrons. The Morgan fingerprint density at radius 1 is 0.422 bits per heavy atom. The molecule has 0 saturated carbocycles. The van der Waals surface area contributed by atoms with Gasteiger partial charge in [-0.2, -0.15) is 0 Å². The van der Waals surface area contributed by atoms with Crippen LogP contribution in [0.25, 0.3) is 0 Å². The van der Waals surface area contributed by atoms with E-state index in [-0.39, 0.29) is 6.42 Å². The number of ketones is 1. The lowest BCUT2D eigenvalue weighted by Crippen LogP contribution is -2.72. The molecule has 6 aliphatic heterocycles. The second-order valence-electron chi connectivity index (χ2n) is 37.4. The van der Waals surface area contributed by atoms with Crippen molar-refractivity contribution < 1.29 is 193 Å². The van der Waals surface area contributed by atoms with Crippen LogP contribution >= 0.6 is 0 Å². The minimum atomic E-state index is -3.68. The maximum atomic E-state index is 14.5. The Balaban J connectivity index is 1.27. The van der Waals surface area contributed by atoms with Gasteiger partial charge in [0.2, 0.25) is 17.7 Å². The van der Waals surface area contributed by atoms with Gasteiger partial charge in [0.25, 0.3) is 11.6 Å². The molecule has 2 unspecified atom stereocenters. The molecule has 0 aromatic rings. The van der Waals surface area contributed by atoms with Gasteiger partial charge in [0.05, 0.1) is 88.8 Å². The molecule has 6 fully saturated rings. The van der Waals surface area contributed by atoms with Gasteiger partial charge in [-0.25, -0.2) is 9.59 Å². The number of aliphatic carboxylic acids is 2. The highest BCUT2D eigenvalue weighted by Crippen LogP contribution is 2.44. The molecule has 42 heteroatoms. The standard InChI is InChI=1S/C93H165N3O39/c1-6-8-10-12-14-16-18-20-21-22-23-24-25-26-27-28-29-31-33-35-37-39-41-43-68(110)96-58(59(106)42-40-38-36-34-32-30-19-17-15-13-11-9-7-2)53-124-87-78(118)76(116)81(66(51-101)127-87)130-89-79(119)85(82(67(52-102)128-89)131-86-57(44-54(3)103)80(73(113)64(49-99)125-86)129-88-77(117)75(115)72(112)63(48-98)126-88)135-93(91(122)123)46-61(108)70(95-56(5)105)84(134-93)74(114)65(50-100)132-92(90(120)121)45-60(107)69(94-55(4)104)83(133-92)71(111)62(109)47-97/h40,42,57-67,69-89,97-102,106-109,111-119H,6-39,41,43-53H2,1-5H3,(H,94,104)(H,95,105)(H,96,110)(H,120,121)(H,122,123)/b42-40-/t57-,58+,59-,60+,61+,62-,63-,64-,65-,66-,67-,69-,70-,71-,72+,73+,74-,75+,76-,77-,78-,79-,80-,81-,82+,83?,84?,85-,86+,87-,88+,89+,92-,93+/m1/s1. The number of unbranched alkanes of at least 4 members (excludes halogenated alkanes) is 33. The summed E-state index contributed by atoms with van der Waals surface area (Å²) in [5.74, 6) is -16.5. The van der Waals surface area contributed by atoms with E-state index in [0.717, 1.165) is 85.0 Å². The molecule has 0 bridgehead atoms. The number of aliphatic hydroxyl groups excluding tert-OH is 19. The van der Waals surface area contributed by atoms with Crippen LogP contribution in [-0.2, 0) is 85.6 Å². The number of allylic oxidation sites excluding steroid dienone is 1. The maximum absolute atomic E-state index is 14.5. The van der Waals surface area contributed by atoms with Gasteiger partial charge in [0, 0.05) is 45.4 Å². The molecule has 6 aliphatic rings. The van der Waals surface area contributed by atoms with Crippen molar-refractivity contribution in [1.29, 1.82) is 0 Å². The molecule has 0 aromatic carbocycles. The number of carboxylic acid groups (broad SMARTS) is 2. The average molecular weight is 1950 g/mol. The van der Waals surface area contributed by atoms with Crippen LogP contribution in [0, 0.1) is 5.92 Å². The van der Waals surface area contributed by atoms with Crippen molar-refractivity contribution in [2.45, 2.75) is 486 Å². The largest absolute Gasteiger partial charge is 0.477 e. The number of aliphatic hydroxyl groups is 19. The normalized spacial score (nSPS) is 33.8. The van der Waals surface area contributed by atoms with Gasteiger partial charge >= 0.3 is 11.9 Å². The second kappa shape index (κ2) is 62.8. The molecule has 34 atom stereocenters. The fourth-order valence-electron chi connectivity index (χ4n) is 18.6. The Morgan fingerprint density at radius 3 is 1.28 bits per heavy atom. The van der Waals surface area contributed by atoms with E-state index in [1.165, 1.54) is 154 Å². The Hall–Kier alpha value is -4.48. The summed E-state index contributed by atoms with van der Waals surface area (Å²) >= 11 is 0. The molecule has 0 spiro atoms. The lowest BCUT2D eigenvalue weighted by Gasteiger charge is -2.53. The van der Waals surface area contributed by atoms with Crippen molar-refractivity contribution in [2.24, 2.45) is 5.92 Å². The zero-order valence-corrected chi connectivity index (χ0v) is 79.4. The van der Waals surface area contributed by atoms with Crippen LogP contribution in [0.2, 0.25) is 0 Å². The number of carbonyl (C=O) groups excluding carboxylic acids is 4. The number of hydrogen-bond acceptors (Lipinski definition) is 37.